The molecule has 0 bridgehead atoms. The minimum atomic E-state index is -1.53. The minimum absolute atomic E-state index is 0. The number of alkyl halides is 1. The van der Waals surface area contributed by atoms with Crippen LogP contribution in [-0.2, 0) is 96.5 Å². The Kier molecular flexibility index (Phi) is 34.8. The van der Waals surface area contributed by atoms with E-state index in [1.807, 2.05) is 6.92 Å². The molecule has 36 heteroatoms. The number of hydrogen-bond acceptors (Lipinski definition) is 16. The number of amides is 3. The largest absolute Gasteiger partial charge is 0.481 e. The topological polar surface area (TPSA) is 315 Å². The number of fused-ring (bicyclic) bond motifs is 4. The Labute approximate surface area is 641 Å². The van der Waals surface area contributed by atoms with Crippen LogP contribution in [0, 0.1) is 46.5 Å². The van der Waals surface area contributed by atoms with E-state index in [0.29, 0.717) is 35.1 Å². The first-order chi connectivity index (χ1) is 47.8. The van der Waals surface area contributed by atoms with Crippen molar-refractivity contribution in [3.8, 4) is 0 Å². The number of ether oxygens (including phenoxy) is 5. The molecule has 9 rings (SSSR count). The van der Waals surface area contributed by atoms with Crippen molar-refractivity contribution in [2.45, 2.75) is 141 Å². The van der Waals surface area contributed by atoms with Crippen molar-refractivity contribution in [2.75, 3.05) is 66.8 Å². The van der Waals surface area contributed by atoms with Crippen molar-refractivity contribution < 1.29 is 144 Å². The molecule has 4 heterocycles. The first kappa shape index (κ1) is 95.3. The van der Waals surface area contributed by atoms with Gasteiger partial charge in [0.05, 0.1) is 55.1 Å². The summed E-state index contributed by atoms with van der Waals surface area (Å²) in [6, 6.07) is 15.9. The summed E-state index contributed by atoms with van der Waals surface area (Å²) in [5.41, 5.74) is 4.18. The molecule has 5 aromatic carbocycles. The van der Waals surface area contributed by atoms with Gasteiger partial charge in [-0.2, -0.15) is 4.79 Å². The molecule has 0 saturated heterocycles. The maximum atomic E-state index is 13.7. The number of carboxylic acid groups (broad SMARTS) is 2. The van der Waals surface area contributed by atoms with Crippen LogP contribution in [0.4, 0.5) is 72.3 Å². The zero-order chi connectivity index (χ0) is 79.9. The van der Waals surface area contributed by atoms with Crippen LogP contribution in [0.3, 0.4) is 0 Å². The van der Waals surface area contributed by atoms with Crippen LogP contribution in [0.25, 0.3) is 5.53 Å². The zero-order valence-corrected chi connectivity index (χ0v) is 64.5. The van der Waals surface area contributed by atoms with Gasteiger partial charge in [-0.25, -0.2) is 54.3 Å². The number of rotatable bonds is 9. The quantitative estimate of drug-likeness (QED) is 0.0118. The van der Waals surface area contributed by atoms with Crippen LogP contribution in [0.15, 0.2) is 78.9 Å². The Morgan fingerprint density at radius 3 is 1.18 bits per heavy atom. The second kappa shape index (κ2) is 38.7. The maximum Gasteiger partial charge on any atom is 0.414 e. The van der Waals surface area contributed by atoms with Crippen LogP contribution in [0.5, 0.6) is 0 Å². The average molecular weight is 1680 g/mol. The summed E-state index contributed by atoms with van der Waals surface area (Å²) in [6.45, 7) is 21.5. The van der Waals surface area contributed by atoms with E-state index in [1.165, 1.54) is 39.3 Å². The van der Waals surface area contributed by atoms with Crippen molar-refractivity contribution in [2.24, 2.45) is 0 Å². The number of Topliss-reactive ketones (excluding diaryl/α,β-unsaturated/α-hetero) is 1. The summed E-state index contributed by atoms with van der Waals surface area (Å²) in [7, 11) is 2.55. The number of ketones is 1. The second-order valence-corrected chi connectivity index (χ2v) is 27.8. The third-order valence-electron chi connectivity index (χ3n) is 15.4. The van der Waals surface area contributed by atoms with E-state index < -0.39 is 137 Å². The number of carbonyl (C=O) groups excluding carboxylic acids is 8. The number of nitrogens with one attached hydrogen (secondary N) is 1. The Hall–Kier alpha value is -8.68. The monoisotopic (exact) mass is 1670 g/mol. The summed E-state index contributed by atoms with van der Waals surface area (Å²) in [5.74, 6) is -12.1. The van der Waals surface area contributed by atoms with Gasteiger partial charge in [-0.05, 0) is 158 Å². The predicted molar refractivity (Wildman–Crippen MR) is 374 cm³/mol. The molecular weight excluding hydrogens is 1600 g/mol. The van der Waals surface area contributed by atoms with Gasteiger partial charge in [0.25, 0.3) is 0 Å². The molecule has 3 N–H and O–H groups in total. The minimum Gasteiger partial charge on any atom is -0.481 e. The van der Waals surface area contributed by atoms with Crippen LogP contribution in [0.1, 0.15) is 135 Å². The van der Waals surface area contributed by atoms with E-state index in [0.717, 1.165) is 58.3 Å². The van der Waals surface area contributed by atoms with E-state index in [2.05, 4.69) is 54.4 Å². The third-order valence-corrected chi connectivity index (χ3v) is 15.8. The molecule has 1 radical (unpaired) electrons. The number of methoxy groups -OCH3 is 2. The average Bonchev–Trinajstić information content (AvgIpc) is 1.60. The smallest absolute Gasteiger partial charge is 0.414 e. The summed E-state index contributed by atoms with van der Waals surface area (Å²) in [6.07, 6.45) is -0.0562. The molecule has 4 atom stereocenters. The molecule has 5 aromatic rings. The molecule has 3 amide bonds. The van der Waals surface area contributed by atoms with E-state index in [1.54, 1.807) is 99.6 Å². The number of halogens is 12. The van der Waals surface area contributed by atoms with E-state index in [9.17, 15) is 88.2 Å². The third kappa shape index (κ3) is 25.0. The van der Waals surface area contributed by atoms with Gasteiger partial charge < -0.3 is 44.7 Å². The number of benzene rings is 5. The zero-order valence-electron chi connectivity index (χ0n) is 59.9. The SMILES string of the molecule is CC(C)(C)OC(=O)N1CC(C)(C(=O)C=[N+]=[N-])c2cc(F)c(F)cc21.CC(C)(C)OC(=O)N1CC(C)(C(=O)O)c2cc(F)c(F)cc21.CCl.COC(=O)CC1(C)CN(C(=O)OC(C)(C)C)c2cc(F)c(F)cc21.COC(=O)CC1(C)CNc2cc(F)c(F)cc21.Cl.O=C(Cl)C(=O)Cl.O=C(O)c1ccccc1.[Ag]. The van der Waals surface area contributed by atoms with Gasteiger partial charge in [0.1, 0.15) is 22.2 Å². The van der Waals surface area contributed by atoms with Crippen molar-refractivity contribution in [1.82, 2.24) is 0 Å². The van der Waals surface area contributed by atoms with E-state index in [4.69, 9.17) is 24.8 Å². The summed E-state index contributed by atoms with van der Waals surface area (Å²) < 4.78 is 133. The summed E-state index contributed by atoms with van der Waals surface area (Å²) >= 11 is 13.6. The number of aromatic carboxylic acids is 1. The number of carboxylic acids is 2. The molecule has 585 valence electrons. The molecule has 0 fully saturated rings. The number of aliphatic carboxylic acids is 1. The fourth-order valence-corrected chi connectivity index (χ4v) is 10.4. The van der Waals surface area contributed by atoms with Gasteiger partial charge in [-0.3, -0.25) is 43.5 Å². The fourth-order valence-electron chi connectivity index (χ4n) is 10.4. The maximum absolute atomic E-state index is 13.7. The summed E-state index contributed by atoms with van der Waals surface area (Å²) in [5, 5.41) is 18.5. The molecule has 106 heavy (non-hydrogen) atoms. The van der Waals surface area contributed by atoms with Gasteiger partial charge in [0.2, 0.25) is 5.78 Å². The standard InChI is InChI=1S/C17H21F2NO4.C16H17F2N3O3.C15H17F2NO4.C12H13F2NO2.C7H6O2.C2Cl2O2.CH3Cl.Ag.ClH/c1-16(2,3)24-15(22)20-9-17(4,8-14(21)23-5)10-6-11(18)12(19)7-13(10)20;1-15(2,3)24-14(23)21-8-16(4,13(22)7-20-19)9-5-10(17)11(18)6-12(9)21;1-14(2,3)22-13(21)18-7-15(4,12(19)20)8-5-9(16)10(17)6-11(8)18;1-12(5-11(16)17-2)6-15-10-4-9(14)8(13)3-7(10)12;8-7(9)6-4-2-1-3-5-6;3-1(5)2(4)6;1-2;;/h6-7H,8-9H2,1-5H3;5-7H,8H2,1-4H3;5-6H,7H2,1-4H3,(H,19,20);3-4,15H,5-6H2,1-2H3;1-5H,(H,8,9);;1H3;;1H. The van der Waals surface area contributed by atoms with Gasteiger partial charge >= 0.3 is 58.9 Å². The van der Waals surface area contributed by atoms with Crippen molar-refractivity contribution in [3.63, 3.8) is 0 Å². The van der Waals surface area contributed by atoms with Crippen molar-refractivity contribution in [1.29, 1.82) is 0 Å². The predicted octanol–water partition coefficient (Wildman–Crippen LogP) is 14.8. The van der Waals surface area contributed by atoms with Gasteiger partial charge in [0.15, 0.2) is 46.5 Å². The Balaban J connectivity index is 0.000000656. The molecular formula is C70H78AgCl4F8N6O17. The molecule has 0 aromatic heterocycles. The Bertz CT molecular complexity index is 4160. The van der Waals surface area contributed by atoms with Crippen LogP contribution < -0.4 is 20.0 Å². The molecule has 0 saturated carbocycles. The Morgan fingerprint density at radius 2 is 0.840 bits per heavy atom. The van der Waals surface area contributed by atoms with Crippen LogP contribution >= 0.6 is 47.2 Å². The van der Waals surface area contributed by atoms with Gasteiger partial charge in [-0.15, -0.1) is 24.0 Å². The summed E-state index contributed by atoms with van der Waals surface area (Å²) in [4.78, 5) is 119. The normalized spacial score (nSPS) is 18.0. The number of anilines is 4. The van der Waals surface area contributed by atoms with Gasteiger partial charge in [0, 0.05) is 95.7 Å². The number of esters is 2. The molecule has 23 nitrogen and oxygen atoms in total. The number of carbonyl (C=O) groups is 10. The van der Waals surface area contributed by atoms with E-state index >= 15 is 0 Å². The fraction of sp³-hybridized carbons (Fsp3) is 0.414. The first-order valence-corrected chi connectivity index (χ1v) is 32.2. The first-order valence-electron chi connectivity index (χ1n) is 30.7. The molecule has 4 unspecified atom stereocenters. The second-order valence-electron chi connectivity index (χ2n) is 27.1. The Morgan fingerprint density at radius 1 is 0.519 bits per heavy atom. The van der Waals surface area contributed by atoms with Crippen molar-refractivity contribution in [3.05, 3.63) is 159 Å². The molecule has 4 aliphatic heterocycles. The van der Waals surface area contributed by atoms with Crippen molar-refractivity contribution >= 4 is 135 Å². The van der Waals surface area contributed by atoms with Gasteiger partial charge in [-0.1, -0.05) is 32.0 Å². The molecule has 0 spiro atoms. The molecule has 4 aliphatic rings. The molecule has 0 aliphatic carbocycles. The van der Waals surface area contributed by atoms with Crippen LogP contribution in [0.2, 0.25) is 0 Å². The number of nitrogens with zero attached hydrogens (tertiary/aromatic N) is 5. The van der Waals surface area contributed by atoms with E-state index in [-0.39, 0.29) is 101 Å². The van der Waals surface area contributed by atoms with Crippen LogP contribution in [-0.4, -0.2) is 143 Å². The number of hydrogen-bond donors (Lipinski definition) is 3.